The van der Waals surface area contributed by atoms with Crippen molar-refractivity contribution in [2.24, 2.45) is 5.73 Å². The predicted molar refractivity (Wildman–Crippen MR) is 67.2 cm³/mol. The fourth-order valence-electron chi connectivity index (χ4n) is 2.15. The maximum Gasteiger partial charge on any atom is 0.227 e. The number of hydrogen-bond acceptors (Lipinski definition) is 4. The van der Waals surface area contributed by atoms with Crippen molar-refractivity contribution in [1.29, 1.82) is 0 Å². The van der Waals surface area contributed by atoms with E-state index in [0.29, 0.717) is 19.5 Å². The third-order valence-corrected chi connectivity index (χ3v) is 3.26. The average Bonchev–Trinajstić information content (AvgIpc) is 2.73. The second-order valence-electron chi connectivity index (χ2n) is 4.58. The predicted octanol–water partition coefficient (Wildman–Crippen LogP) is 0.119. The number of rotatable bonds is 3. The minimum atomic E-state index is -0.112. The summed E-state index contributed by atoms with van der Waals surface area (Å²) < 4.78 is 5.22. The number of phenols is 1. The average molecular weight is 250 g/mol. The van der Waals surface area contributed by atoms with Crippen molar-refractivity contribution in [3.05, 3.63) is 29.8 Å². The molecule has 0 unspecified atom stereocenters. The van der Waals surface area contributed by atoms with Crippen LogP contribution in [0, 0.1) is 0 Å². The molecule has 1 aromatic rings. The highest BCUT2D eigenvalue weighted by Crippen LogP contribution is 2.15. The number of nitrogens with two attached hydrogens (primary N) is 1. The van der Waals surface area contributed by atoms with Crippen molar-refractivity contribution < 1.29 is 14.6 Å². The Balaban J connectivity index is 1.95. The van der Waals surface area contributed by atoms with Crippen LogP contribution in [0.2, 0.25) is 0 Å². The molecule has 2 rings (SSSR count). The van der Waals surface area contributed by atoms with Gasteiger partial charge in [-0.25, -0.2) is 0 Å². The number of carbonyl (C=O) groups is 1. The molecule has 18 heavy (non-hydrogen) atoms. The van der Waals surface area contributed by atoms with Gasteiger partial charge in [-0.3, -0.25) is 4.79 Å². The fourth-order valence-corrected chi connectivity index (χ4v) is 2.15. The molecule has 1 aliphatic rings. The molecule has 1 aliphatic heterocycles. The normalized spacial score (nSPS) is 23.3. The molecule has 1 heterocycles. The van der Waals surface area contributed by atoms with Crippen LogP contribution >= 0.6 is 0 Å². The Kier molecular flexibility index (Phi) is 3.84. The third-order valence-electron chi connectivity index (χ3n) is 3.26. The quantitative estimate of drug-likeness (QED) is 0.799. The lowest BCUT2D eigenvalue weighted by Gasteiger charge is -2.15. The first-order valence-corrected chi connectivity index (χ1v) is 5.94. The van der Waals surface area contributed by atoms with Gasteiger partial charge < -0.3 is 20.5 Å². The number of likely N-dealkylation sites (tertiary alicyclic amines) is 1. The van der Waals surface area contributed by atoms with E-state index in [2.05, 4.69) is 0 Å². The van der Waals surface area contributed by atoms with Gasteiger partial charge in [0, 0.05) is 20.2 Å². The van der Waals surface area contributed by atoms with Gasteiger partial charge in [0.05, 0.1) is 18.6 Å². The van der Waals surface area contributed by atoms with E-state index >= 15 is 0 Å². The summed E-state index contributed by atoms with van der Waals surface area (Å²) in [6.07, 6.45) is 0.248. The second-order valence-corrected chi connectivity index (χ2v) is 4.58. The molecule has 2 atom stereocenters. The lowest BCUT2D eigenvalue weighted by atomic mass is 10.1. The summed E-state index contributed by atoms with van der Waals surface area (Å²) in [7, 11) is 1.61. The van der Waals surface area contributed by atoms with Crippen molar-refractivity contribution in [3.63, 3.8) is 0 Å². The summed E-state index contributed by atoms with van der Waals surface area (Å²) >= 11 is 0. The molecule has 3 N–H and O–H groups in total. The molecule has 0 aliphatic carbocycles. The topological polar surface area (TPSA) is 75.8 Å². The van der Waals surface area contributed by atoms with Gasteiger partial charge in [0.25, 0.3) is 0 Å². The van der Waals surface area contributed by atoms with E-state index in [4.69, 9.17) is 10.5 Å². The molecule has 1 fully saturated rings. The zero-order chi connectivity index (χ0) is 13.1. The van der Waals surface area contributed by atoms with Gasteiger partial charge in [0.1, 0.15) is 5.75 Å². The first kappa shape index (κ1) is 12.9. The number of hydrogen-bond donors (Lipinski definition) is 2. The van der Waals surface area contributed by atoms with E-state index in [-0.39, 0.29) is 23.8 Å². The van der Waals surface area contributed by atoms with E-state index in [0.717, 1.165) is 5.56 Å². The largest absolute Gasteiger partial charge is 0.508 e. The van der Waals surface area contributed by atoms with Crippen molar-refractivity contribution >= 4 is 5.91 Å². The summed E-state index contributed by atoms with van der Waals surface area (Å²) in [6.45, 7) is 1.09. The van der Waals surface area contributed by atoms with Crippen LogP contribution in [0.25, 0.3) is 0 Å². The number of amides is 1. The monoisotopic (exact) mass is 250 g/mol. The second kappa shape index (κ2) is 5.37. The number of nitrogens with zero attached hydrogens (tertiary/aromatic N) is 1. The summed E-state index contributed by atoms with van der Waals surface area (Å²) in [5.74, 6) is 0.240. The Morgan fingerprint density at radius 2 is 2.11 bits per heavy atom. The molecule has 0 radical (unpaired) electrons. The minimum absolute atomic E-state index is 0.0377. The smallest absolute Gasteiger partial charge is 0.227 e. The van der Waals surface area contributed by atoms with Gasteiger partial charge in [-0.2, -0.15) is 0 Å². The molecule has 98 valence electrons. The molecule has 1 aromatic carbocycles. The van der Waals surface area contributed by atoms with Crippen LogP contribution in [0.1, 0.15) is 5.56 Å². The first-order valence-electron chi connectivity index (χ1n) is 5.94. The van der Waals surface area contributed by atoms with Gasteiger partial charge in [0.15, 0.2) is 0 Å². The van der Waals surface area contributed by atoms with Gasteiger partial charge in [-0.05, 0) is 17.7 Å². The zero-order valence-corrected chi connectivity index (χ0v) is 10.4. The van der Waals surface area contributed by atoms with Crippen molar-refractivity contribution in [2.75, 3.05) is 20.2 Å². The maximum absolute atomic E-state index is 12.1. The standard InChI is InChI=1S/C13H18N2O3/c1-18-12-8-15(7-11(12)14)13(17)6-9-2-4-10(16)5-3-9/h2-5,11-12,16H,6-8,14H2,1H3/t11-,12-/m1/s1. The van der Waals surface area contributed by atoms with Gasteiger partial charge in [0.2, 0.25) is 5.91 Å². The first-order chi connectivity index (χ1) is 8.60. The molecule has 0 saturated carbocycles. The fraction of sp³-hybridized carbons (Fsp3) is 0.462. The van der Waals surface area contributed by atoms with E-state index in [1.807, 2.05) is 0 Å². The van der Waals surface area contributed by atoms with Crippen LogP contribution < -0.4 is 5.73 Å². The Labute approximate surface area is 106 Å². The Morgan fingerprint density at radius 3 is 2.67 bits per heavy atom. The van der Waals surface area contributed by atoms with Gasteiger partial charge in [-0.15, -0.1) is 0 Å². The van der Waals surface area contributed by atoms with Crippen LogP contribution in [0.5, 0.6) is 5.75 Å². The number of aromatic hydroxyl groups is 1. The highest BCUT2D eigenvalue weighted by molar-refractivity contribution is 5.79. The summed E-state index contributed by atoms with van der Waals surface area (Å²) in [4.78, 5) is 13.8. The molecule has 0 aromatic heterocycles. The molecular weight excluding hydrogens is 232 g/mol. The van der Waals surface area contributed by atoms with Crippen LogP contribution in [0.3, 0.4) is 0 Å². The van der Waals surface area contributed by atoms with Crippen LogP contribution in [0.15, 0.2) is 24.3 Å². The Hall–Kier alpha value is -1.59. The SMILES string of the molecule is CO[C@@H]1CN(C(=O)Cc2ccc(O)cc2)C[C@H]1N. The Bertz CT molecular complexity index is 419. The van der Waals surface area contributed by atoms with E-state index in [1.165, 1.54) is 0 Å². The van der Waals surface area contributed by atoms with Crippen LogP contribution in [0.4, 0.5) is 0 Å². The van der Waals surface area contributed by atoms with Crippen molar-refractivity contribution in [1.82, 2.24) is 4.90 Å². The number of benzene rings is 1. The van der Waals surface area contributed by atoms with Crippen molar-refractivity contribution in [3.8, 4) is 5.75 Å². The summed E-state index contributed by atoms with van der Waals surface area (Å²) in [5.41, 5.74) is 6.76. The lowest BCUT2D eigenvalue weighted by molar-refractivity contribution is -0.129. The lowest BCUT2D eigenvalue weighted by Crippen LogP contribution is -2.34. The third kappa shape index (κ3) is 2.80. The number of ether oxygens (including phenoxy) is 1. The minimum Gasteiger partial charge on any atom is -0.508 e. The van der Waals surface area contributed by atoms with E-state index in [1.54, 1.807) is 36.3 Å². The Morgan fingerprint density at radius 1 is 1.44 bits per heavy atom. The zero-order valence-electron chi connectivity index (χ0n) is 10.4. The molecule has 5 nitrogen and oxygen atoms in total. The summed E-state index contributed by atoms with van der Waals surface area (Å²) in [5, 5.41) is 9.18. The molecule has 1 saturated heterocycles. The number of carbonyl (C=O) groups excluding carboxylic acids is 1. The molecule has 1 amide bonds. The highest BCUT2D eigenvalue weighted by Gasteiger charge is 2.32. The highest BCUT2D eigenvalue weighted by atomic mass is 16.5. The summed E-state index contributed by atoms with van der Waals surface area (Å²) in [6, 6.07) is 6.54. The molecule has 0 spiro atoms. The van der Waals surface area contributed by atoms with Gasteiger partial charge >= 0.3 is 0 Å². The van der Waals surface area contributed by atoms with Crippen LogP contribution in [-0.4, -0.2) is 48.3 Å². The van der Waals surface area contributed by atoms with Crippen LogP contribution in [-0.2, 0) is 16.0 Å². The molecule has 5 heteroatoms. The van der Waals surface area contributed by atoms with Crippen molar-refractivity contribution in [2.45, 2.75) is 18.6 Å². The van der Waals surface area contributed by atoms with E-state index in [9.17, 15) is 9.90 Å². The molecular formula is C13H18N2O3. The number of phenolic OH excluding ortho intramolecular Hbond substituents is 1. The molecule has 0 bridgehead atoms. The van der Waals surface area contributed by atoms with E-state index < -0.39 is 0 Å². The maximum atomic E-state index is 12.1. The van der Waals surface area contributed by atoms with Gasteiger partial charge in [-0.1, -0.05) is 12.1 Å². The number of methoxy groups -OCH3 is 1.